The van der Waals surface area contributed by atoms with Gasteiger partial charge in [-0.1, -0.05) is 50.1 Å². The molecular formula is C11H9Br2F3O. The van der Waals surface area contributed by atoms with Crippen LogP contribution in [-0.4, -0.2) is 16.8 Å². The van der Waals surface area contributed by atoms with E-state index in [9.17, 15) is 18.0 Å². The van der Waals surface area contributed by atoms with Crippen LogP contribution >= 0.6 is 31.9 Å². The van der Waals surface area contributed by atoms with E-state index >= 15 is 0 Å². The maximum Gasteiger partial charge on any atom is 0.401 e. The van der Waals surface area contributed by atoms with Crippen molar-refractivity contribution in [2.24, 2.45) is 0 Å². The molecule has 0 spiro atoms. The lowest BCUT2D eigenvalue weighted by atomic mass is 10.1. The number of ketones is 1. The average molecular weight is 374 g/mol. The summed E-state index contributed by atoms with van der Waals surface area (Å²) in [6.07, 6.45) is -4.71. The summed E-state index contributed by atoms with van der Waals surface area (Å²) in [4.78, 5) is 10.0. The van der Waals surface area contributed by atoms with Crippen molar-refractivity contribution in [1.82, 2.24) is 0 Å². The van der Waals surface area contributed by atoms with Gasteiger partial charge in [-0.25, -0.2) is 0 Å². The molecule has 94 valence electrons. The molecule has 0 saturated heterocycles. The Hall–Kier alpha value is -0.360. The normalized spacial score (nSPS) is 13.5. The minimum absolute atomic E-state index is 0.141. The van der Waals surface area contributed by atoms with Crippen molar-refractivity contribution in [1.29, 1.82) is 0 Å². The summed E-state index contributed by atoms with van der Waals surface area (Å²) in [6, 6.07) is 6.68. The van der Waals surface area contributed by atoms with Crippen LogP contribution in [0.3, 0.4) is 0 Å². The van der Waals surface area contributed by atoms with Gasteiger partial charge in [-0.3, -0.25) is 4.79 Å². The van der Waals surface area contributed by atoms with E-state index in [1.807, 2.05) is 0 Å². The highest BCUT2D eigenvalue weighted by Gasteiger charge is 2.37. The van der Waals surface area contributed by atoms with Gasteiger partial charge in [0.25, 0.3) is 0 Å². The fraction of sp³-hybridized carbons (Fsp3) is 0.364. The molecule has 0 fully saturated rings. The van der Waals surface area contributed by atoms with Crippen molar-refractivity contribution in [3.8, 4) is 0 Å². The molecule has 0 saturated carbocycles. The molecule has 17 heavy (non-hydrogen) atoms. The number of benzene rings is 1. The molecule has 1 aromatic carbocycles. The third kappa shape index (κ3) is 4.43. The Bertz CT molecular complexity index is 404. The molecule has 0 heterocycles. The summed E-state index contributed by atoms with van der Waals surface area (Å²) in [7, 11) is 0. The molecule has 0 aromatic heterocycles. The SMILES string of the molecule is O=C(CCC(Br)C(F)(F)F)c1ccccc1Br. The maximum absolute atomic E-state index is 12.2. The molecule has 0 bridgehead atoms. The van der Waals surface area contributed by atoms with Crippen LogP contribution in [0.2, 0.25) is 0 Å². The number of carbonyl (C=O) groups is 1. The molecule has 0 aliphatic carbocycles. The highest BCUT2D eigenvalue weighted by atomic mass is 79.9. The zero-order valence-corrected chi connectivity index (χ0v) is 11.8. The standard InChI is InChI=1S/C11H9Br2F3O/c12-8-4-2-1-3-7(8)9(17)5-6-10(13)11(14,15)16/h1-4,10H,5-6H2. The van der Waals surface area contributed by atoms with E-state index in [4.69, 9.17) is 0 Å². The van der Waals surface area contributed by atoms with Crippen LogP contribution in [0.4, 0.5) is 13.2 Å². The number of hydrogen-bond donors (Lipinski definition) is 0. The quantitative estimate of drug-likeness (QED) is 0.550. The van der Waals surface area contributed by atoms with E-state index in [1.165, 1.54) is 0 Å². The number of halogens is 5. The van der Waals surface area contributed by atoms with E-state index in [2.05, 4.69) is 31.9 Å². The van der Waals surface area contributed by atoms with Gasteiger partial charge in [-0.05, 0) is 12.5 Å². The summed E-state index contributed by atoms with van der Waals surface area (Å²) in [5.74, 6) is -0.300. The minimum Gasteiger partial charge on any atom is -0.294 e. The van der Waals surface area contributed by atoms with Crippen molar-refractivity contribution < 1.29 is 18.0 Å². The fourth-order valence-electron chi connectivity index (χ4n) is 1.24. The molecule has 0 radical (unpaired) electrons. The lowest BCUT2D eigenvalue weighted by molar-refractivity contribution is -0.127. The Balaban J connectivity index is 2.60. The number of hydrogen-bond acceptors (Lipinski definition) is 1. The molecule has 1 rings (SSSR count). The smallest absolute Gasteiger partial charge is 0.294 e. The molecule has 6 heteroatoms. The second-order valence-corrected chi connectivity index (χ2v) is 5.41. The summed E-state index contributed by atoms with van der Waals surface area (Å²) in [5.41, 5.74) is 0.411. The van der Waals surface area contributed by atoms with E-state index in [1.54, 1.807) is 24.3 Å². The van der Waals surface area contributed by atoms with Crippen molar-refractivity contribution >= 4 is 37.6 Å². The first kappa shape index (κ1) is 14.7. The van der Waals surface area contributed by atoms with Crippen LogP contribution in [0, 0.1) is 0 Å². The Labute approximate surface area is 114 Å². The first-order valence-corrected chi connectivity index (χ1v) is 6.51. The van der Waals surface area contributed by atoms with Gasteiger partial charge in [0.15, 0.2) is 5.78 Å². The zero-order valence-electron chi connectivity index (χ0n) is 8.60. The molecule has 0 amide bonds. The van der Waals surface area contributed by atoms with Crippen molar-refractivity contribution in [3.63, 3.8) is 0 Å². The molecular weight excluding hydrogens is 365 g/mol. The average Bonchev–Trinajstić information content (AvgIpc) is 2.24. The molecule has 0 N–H and O–H groups in total. The van der Waals surface area contributed by atoms with Gasteiger partial charge < -0.3 is 0 Å². The first-order valence-electron chi connectivity index (χ1n) is 4.81. The molecule has 0 aliphatic heterocycles. The Morgan fingerprint density at radius 3 is 2.41 bits per heavy atom. The first-order chi connectivity index (χ1) is 7.82. The third-order valence-electron chi connectivity index (χ3n) is 2.15. The van der Waals surface area contributed by atoms with Gasteiger partial charge in [-0.15, -0.1) is 0 Å². The van der Waals surface area contributed by atoms with Crippen LogP contribution < -0.4 is 0 Å². The van der Waals surface area contributed by atoms with Gasteiger partial charge in [0, 0.05) is 16.5 Å². The molecule has 1 atom stereocenters. The lowest BCUT2D eigenvalue weighted by Gasteiger charge is -2.13. The number of carbonyl (C=O) groups excluding carboxylic acids is 1. The highest BCUT2D eigenvalue weighted by Crippen LogP contribution is 2.30. The summed E-state index contributed by atoms with van der Waals surface area (Å²) in [5, 5.41) is 0. The second kappa shape index (κ2) is 6.00. The largest absolute Gasteiger partial charge is 0.401 e. The predicted molar refractivity (Wildman–Crippen MR) is 66.5 cm³/mol. The van der Waals surface area contributed by atoms with Gasteiger partial charge in [0.1, 0.15) is 4.83 Å². The van der Waals surface area contributed by atoms with E-state index in [0.29, 0.717) is 10.0 Å². The second-order valence-electron chi connectivity index (χ2n) is 3.45. The van der Waals surface area contributed by atoms with E-state index in [-0.39, 0.29) is 18.6 Å². The van der Waals surface area contributed by atoms with Gasteiger partial charge >= 0.3 is 6.18 Å². The third-order valence-corrected chi connectivity index (χ3v) is 3.82. The van der Waals surface area contributed by atoms with Crippen molar-refractivity contribution in [2.45, 2.75) is 23.8 Å². The van der Waals surface area contributed by atoms with Crippen LogP contribution in [0.15, 0.2) is 28.7 Å². The van der Waals surface area contributed by atoms with Crippen LogP contribution in [0.25, 0.3) is 0 Å². The van der Waals surface area contributed by atoms with Crippen LogP contribution in [-0.2, 0) is 0 Å². The van der Waals surface area contributed by atoms with E-state index < -0.39 is 11.0 Å². The summed E-state index contributed by atoms with van der Waals surface area (Å²) >= 11 is 5.72. The zero-order chi connectivity index (χ0) is 13.1. The molecule has 1 nitrogen and oxygen atoms in total. The van der Waals surface area contributed by atoms with Gasteiger partial charge in [0.2, 0.25) is 0 Å². The van der Waals surface area contributed by atoms with Gasteiger partial charge in [-0.2, -0.15) is 13.2 Å². The Morgan fingerprint density at radius 1 is 1.29 bits per heavy atom. The predicted octanol–water partition coefficient (Wildman–Crippen LogP) is 4.74. The van der Waals surface area contributed by atoms with Crippen molar-refractivity contribution in [3.05, 3.63) is 34.3 Å². The molecule has 1 unspecified atom stereocenters. The van der Waals surface area contributed by atoms with Crippen molar-refractivity contribution in [2.75, 3.05) is 0 Å². The molecule has 1 aromatic rings. The molecule has 0 aliphatic rings. The summed E-state index contributed by atoms with van der Waals surface area (Å²) < 4.78 is 37.2. The highest BCUT2D eigenvalue weighted by molar-refractivity contribution is 9.10. The summed E-state index contributed by atoms with van der Waals surface area (Å²) in [6.45, 7) is 0. The topological polar surface area (TPSA) is 17.1 Å². The van der Waals surface area contributed by atoms with Gasteiger partial charge in [0.05, 0.1) is 0 Å². The Morgan fingerprint density at radius 2 is 1.88 bits per heavy atom. The van der Waals surface area contributed by atoms with Crippen LogP contribution in [0.5, 0.6) is 0 Å². The number of alkyl halides is 4. The Kier molecular flexibility index (Phi) is 5.19. The van der Waals surface area contributed by atoms with Crippen LogP contribution in [0.1, 0.15) is 23.2 Å². The minimum atomic E-state index is -4.31. The van der Waals surface area contributed by atoms with E-state index in [0.717, 1.165) is 0 Å². The number of rotatable bonds is 4. The monoisotopic (exact) mass is 372 g/mol. The lowest BCUT2D eigenvalue weighted by Crippen LogP contribution is -2.23. The fourth-order valence-corrected chi connectivity index (χ4v) is 1.98. The number of Topliss-reactive ketones (excluding diaryl/α,β-unsaturated/α-hetero) is 1. The maximum atomic E-state index is 12.2.